The minimum atomic E-state index is -0.547. The van der Waals surface area contributed by atoms with Crippen LogP contribution in [0.2, 0.25) is 0 Å². The molecule has 0 fully saturated rings. The van der Waals surface area contributed by atoms with Gasteiger partial charge in [-0.3, -0.25) is 9.78 Å². The van der Waals surface area contributed by atoms with Crippen LogP contribution in [-0.4, -0.2) is 39.7 Å². The molecule has 16 heavy (non-hydrogen) atoms. The Morgan fingerprint density at radius 1 is 1.25 bits per heavy atom. The summed E-state index contributed by atoms with van der Waals surface area (Å²) >= 11 is 0. The lowest BCUT2D eigenvalue weighted by Gasteiger charge is -2.02. The van der Waals surface area contributed by atoms with Crippen LogP contribution in [0, 0.1) is 0 Å². The molecule has 0 saturated carbocycles. The van der Waals surface area contributed by atoms with Gasteiger partial charge in [-0.1, -0.05) is 0 Å². The first-order valence-corrected chi connectivity index (χ1v) is 4.29. The molecule has 9 nitrogen and oxygen atoms in total. The average Bonchev–Trinajstić information content (AvgIpc) is 2.87. The van der Waals surface area contributed by atoms with Crippen molar-refractivity contribution < 1.29 is 5.11 Å². The molecule has 0 atom stereocenters. The maximum atomic E-state index is 11.7. The first-order valence-electron chi connectivity index (χ1n) is 4.29. The molecule has 9 heteroatoms. The van der Waals surface area contributed by atoms with Crippen molar-refractivity contribution in [2.45, 2.75) is 0 Å². The van der Waals surface area contributed by atoms with E-state index in [0.717, 1.165) is 9.31 Å². The van der Waals surface area contributed by atoms with Crippen molar-refractivity contribution in [1.29, 1.82) is 0 Å². The number of aromatic hydroxyl groups is 1. The zero-order chi connectivity index (χ0) is 11.1. The molecule has 3 aromatic heterocycles. The van der Waals surface area contributed by atoms with Gasteiger partial charge in [0.1, 0.15) is 6.33 Å². The van der Waals surface area contributed by atoms with Crippen molar-refractivity contribution in [1.82, 2.24) is 34.6 Å². The molecule has 0 spiro atoms. The number of hydrogen-bond donors (Lipinski definition) is 2. The van der Waals surface area contributed by atoms with E-state index in [0.29, 0.717) is 0 Å². The first-order chi connectivity index (χ1) is 7.77. The molecule has 3 rings (SSSR count). The van der Waals surface area contributed by atoms with E-state index in [4.69, 9.17) is 0 Å². The van der Waals surface area contributed by atoms with Crippen LogP contribution >= 0.6 is 0 Å². The fourth-order valence-electron chi connectivity index (χ4n) is 1.36. The van der Waals surface area contributed by atoms with E-state index < -0.39 is 5.56 Å². The molecular weight excluding hydrogens is 214 g/mol. The summed E-state index contributed by atoms with van der Waals surface area (Å²) in [5.41, 5.74) is -0.655. The van der Waals surface area contributed by atoms with Crippen molar-refractivity contribution in [3.05, 3.63) is 29.1 Å². The molecule has 0 saturated heterocycles. The van der Waals surface area contributed by atoms with Gasteiger partial charge in [0.2, 0.25) is 17.3 Å². The van der Waals surface area contributed by atoms with Crippen molar-refractivity contribution in [2.75, 3.05) is 0 Å². The Kier molecular flexibility index (Phi) is 1.55. The van der Waals surface area contributed by atoms with Gasteiger partial charge < -0.3 is 5.11 Å². The van der Waals surface area contributed by atoms with Gasteiger partial charge in [-0.05, 0) is 0 Å². The topological polar surface area (TPSA) is 114 Å². The van der Waals surface area contributed by atoms with Gasteiger partial charge in [-0.15, -0.1) is 4.80 Å². The highest BCUT2D eigenvalue weighted by Crippen LogP contribution is 2.14. The monoisotopic (exact) mass is 219 g/mol. The highest BCUT2D eigenvalue weighted by atomic mass is 16.3. The predicted octanol–water partition coefficient (Wildman–Crippen LogP) is -1.30. The van der Waals surface area contributed by atoms with Crippen molar-refractivity contribution in [3.63, 3.8) is 0 Å². The number of H-pyrrole nitrogens is 1. The number of aromatic nitrogens is 7. The second-order valence-corrected chi connectivity index (χ2v) is 2.94. The van der Waals surface area contributed by atoms with Gasteiger partial charge in [0.25, 0.3) is 5.56 Å². The lowest BCUT2D eigenvalue weighted by Crippen LogP contribution is -2.19. The Morgan fingerprint density at radius 3 is 2.75 bits per heavy atom. The molecule has 0 unspecified atom stereocenters. The number of aromatic amines is 1. The molecular formula is C7H5N7O2. The third-order valence-corrected chi connectivity index (χ3v) is 2.02. The van der Waals surface area contributed by atoms with Crippen molar-refractivity contribution in [3.8, 4) is 11.6 Å². The third kappa shape index (κ3) is 1.02. The molecule has 0 aliphatic heterocycles. The number of fused-ring (bicyclic) bond motifs is 1. The Balaban J connectivity index is 2.44. The Bertz CT molecular complexity index is 695. The average molecular weight is 219 g/mol. The van der Waals surface area contributed by atoms with Crippen molar-refractivity contribution >= 4 is 5.78 Å². The van der Waals surface area contributed by atoms with Crippen molar-refractivity contribution in [2.24, 2.45) is 0 Å². The molecule has 80 valence electrons. The highest BCUT2D eigenvalue weighted by Gasteiger charge is 2.15. The maximum Gasteiger partial charge on any atom is 0.284 e. The van der Waals surface area contributed by atoms with E-state index >= 15 is 0 Å². The number of nitrogens with one attached hydrogen (secondary N) is 1. The summed E-state index contributed by atoms with van der Waals surface area (Å²) < 4.78 is 1.08. The molecule has 0 aliphatic rings. The van der Waals surface area contributed by atoms with Gasteiger partial charge >= 0.3 is 0 Å². The summed E-state index contributed by atoms with van der Waals surface area (Å²) in [5.74, 6) is -0.217. The van der Waals surface area contributed by atoms with Gasteiger partial charge in [0.15, 0.2) is 0 Å². The van der Waals surface area contributed by atoms with Gasteiger partial charge in [-0.2, -0.15) is 24.8 Å². The number of hydrogen-bond acceptors (Lipinski definition) is 6. The minimum Gasteiger partial charge on any atom is -0.491 e. The Hall–Kier alpha value is -2.71. The first kappa shape index (κ1) is 8.59. The number of rotatable bonds is 1. The number of nitrogens with zero attached hydrogens (tertiary/aromatic N) is 6. The predicted molar refractivity (Wildman–Crippen MR) is 50.2 cm³/mol. The van der Waals surface area contributed by atoms with Crippen LogP contribution in [0.15, 0.2) is 23.5 Å². The van der Waals surface area contributed by atoms with E-state index in [1.807, 2.05) is 0 Å². The van der Waals surface area contributed by atoms with Gasteiger partial charge in [0.05, 0.1) is 12.4 Å². The molecule has 0 bridgehead atoms. The Labute approximate surface area is 87.0 Å². The van der Waals surface area contributed by atoms with E-state index in [1.165, 1.54) is 18.7 Å². The van der Waals surface area contributed by atoms with Gasteiger partial charge in [-0.25, -0.2) is 0 Å². The molecule has 3 heterocycles. The van der Waals surface area contributed by atoms with Crippen LogP contribution in [0.5, 0.6) is 5.88 Å². The summed E-state index contributed by atoms with van der Waals surface area (Å²) in [6.07, 6.45) is 4.00. The smallest absolute Gasteiger partial charge is 0.284 e. The molecule has 3 aromatic rings. The zero-order valence-electron chi connectivity index (χ0n) is 7.77. The maximum absolute atomic E-state index is 11.7. The summed E-state index contributed by atoms with van der Waals surface area (Å²) in [4.78, 5) is 18.9. The Morgan fingerprint density at radius 2 is 2.00 bits per heavy atom. The fourth-order valence-corrected chi connectivity index (χ4v) is 1.36. The van der Waals surface area contributed by atoms with E-state index in [-0.39, 0.29) is 17.3 Å². The standard InChI is InChI=1S/C7H5N7O2/c15-5-4(14-9-1-2-10-14)6(16)13-7(12-5)8-3-11-13/h1-3,16H,(H,8,11,12,15). The van der Waals surface area contributed by atoms with Gasteiger partial charge in [0, 0.05) is 0 Å². The fraction of sp³-hybridized carbons (Fsp3) is 0. The second kappa shape index (κ2) is 2.89. The summed E-state index contributed by atoms with van der Waals surface area (Å²) in [6, 6.07) is 0. The second-order valence-electron chi connectivity index (χ2n) is 2.94. The largest absolute Gasteiger partial charge is 0.491 e. The zero-order valence-corrected chi connectivity index (χ0v) is 7.77. The van der Waals surface area contributed by atoms with Crippen LogP contribution in [-0.2, 0) is 0 Å². The molecule has 0 amide bonds. The summed E-state index contributed by atoms with van der Waals surface area (Å²) in [6.45, 7) is 0. The van der Waals surface area contributed by atoms with E-state index in [2.05, 4.69) is 25.3 Å². The van der Waals surface area contributed by atoms with Crippen LogP contribution in [0.25, 0.3) is 11.5 Å². The minimum absolute atomic E-state index is 0.108. The summed E-state index contributed by atoms with van der Waals surface area (Å²) in [7, 11) is 0. The van der Waals surface area contributed by atoms with Crippen LogP contribution in [0.1, 0.15) is 0 Å². The molecule has 2 N–H and O–H groups in total. The van der Waals surface area contributed by atoms with E-state index in [1.54, 1.807) is 0 Å². The molecule has 0 aromatic carbocycles. The van der Waals surface area contributed by atoms with Crippen LogP contribution in [0.3, 0.4) is 0 Å². The van der Waals surface area contributed by atoms with E-state index in [9.17, 15) is 9.90 Å². The molecule has 0 aliphatic carbocycles. The SMILES string of the molecule is O=c1[nH]c2ncnn2c(O)c1-n1nccn1. The van der Waals surface area contributed by atoms with Crippen LogP contribution < -0.4 is 5.56 Å². The quantitative estimate of drug-likeness (QED) is 0.526. The van der Waals surface area contributed by atoms with Crippen LogP contribution in [0.4, 0.5) is 0 Å². The summed E-state index contributed by atoms with van der Waals surface area (Å²) in [5, 5.41) is 21.1. The lowest BCUT2D eigenvalue weighted by molar-refractivity contribution is 0.426. The highest BCUT2D eigenvalue weighted by molar-refractivity contribution is 5.43. The normalized spacial score (nSPS) is 11.0. The third-order valence-electron chi connectivity index (χ3n) is 2.02. The lowest BCUT2D eigenvalue weighted by atomic mass is 10.5. The molecule has 0 radical (unpaired) electrons.